The number of H-pyrrole nitrogens is 1. The van der Waals surface area contributed by atoms with E-state index in [0.29, 0.717) is 23.9 Å². The number of morpholine rings is 1. The number of aromatic nitrogens is 2. The topological polar surface area (TPSA) is 70.2 Å². The minimum atomic E-state index is -0.124. The second kappa shape index (κ2) is 5.54. The number of aromatic amines is 1. The number of hydrogen-bond acceptors (Lipinski definition) is 4. The first-order valence-corrected chi connectivity index (χ1v) is 7.29. The molecule has 0 radical (unpaired) electrons. The van der Waals surface area contributed by atoms with E-state index >= 15 is 0 Å². The summed E-state index contributed by atoms with van der Waals surface area (Å²) in [5, 5.41) is 3.05. The molecule has 1 aromatic rings. The minimum Gasteiger partial charge on any atom is -0.375 e. The highest BCUT2D eigenvalue weighted by atomic mass is 16.5. The van der Waals surface area contributed by atoms with E-state index in [0.717, 1.165) is 26.1 Å². The largest absolute Gasteiger partial charge is 0.375 e. The van der Waals surface area contributed by atoms with Crippen LogP contribution >= 0.6 is 0 Å². The summed E-state index contributed by atoms with van der Waals surface area (Å²) in [6.07, 6.45) is 4.52. The van der Waals surface area contributed by atoms with Crippen LogP contribution in [0, 0.1) is 5.92 Å². The van der Waals surface area contributed by atoms with Crippen LogP contribution < -0.4 is 5.32 Å². The zero-order valence-electron chi connectivity index (χ0n) is 12.0. The summed E-state index contributed by atoms with van der Waals surface area (Å²) in [6.45, 7) is 7.03. The lowest BCUT2D eigenvalue weighted by Crippen LogP contribution is -2.48. The predicted octanol–water partition coefficient (Wildman–Crippen LogP) is 0.637. The molecule has 6 heteroatoms. The predicted molar refractivity (Wildman–Crippen MR) is 74.4 cm³/mol. The maximum Gasteiger partial charge on any atom is 0.287 e. The van der Waals surface area contributed by atoms with Crippen molar-refractivity contribution in [3.8, 4) is 0 Å². The first-order chi connectivity index (χ1) is 9.63. The van der Waals surface area contributed by atoms with Gasteiger partial charge in [0, 0.05) is 37.6 Å². The Morgan fingerprint density at radius 3 is 3.10 bits per heavy atom. The Balaban J connectivity index is 1.56. The molecule has 0 bridgehead atoms. The molecule has 0 aromatic carbocycles. The summed E-state index contributed by atoms with van der Waals surface area (Å²) in [5.74, 6) is 0.792. The van der Waals surface area contributed by atoms with E-state index in [-0.39, 0.29) is 11.9 Å². The first-order valence-electron chi connectivity index (χ1n) is 7.29. The highest BCUT2D eigenvalue weighted by Gasteiger charge is 2.38. The second-order valence-electron chi connectivity index (χ2n) is 6.07. The molecule has 2 saturated heterocycles. The molecule has 3 rings (SSSR count). The third-order valence-corrected chi connectivity index (χ3v) is 4.24. The van der Waals surface area contributed by atoms with Gasteiger partial charge >= 0.3 is 0 Å². The molecule has 3 heterocycles. The Morgan fingerprint density at radius 1 is 1.55 bits per heavy atom. The summed E-state index contributed by atoms with van der Waals surface area (Å²) in [6, 6.07) is 0.624. The summed E-state index contributed by atoms with van der Waals surface area (Å²) in [5.41, 5.74) is 0. The fraction of sp³-hybridized carbons (Fsp3) is 0.714. The molecule has 3 atom stereocenters. The molecule has 2 fully saturated rings. The number of nitrogens with one attached hydrogen (secondary N) is 2. The van der Waals surface area contributed by atoms with Crippen LogP contribution in [0.3, 0.4) is 0 Å². The number of nitrogens with zero attached hydrogens (tertiary/aromatic N) is 2. The van der Waals surface area contributed by atoms with Crippen molar-refractivity contribution < 1.29 is 9.53 Å². The van der Waals surface area contributed by atoms with E-state index in [1.54, 1.807) is 12.4 Å². The molecule has 6 nitrogen and oxygen atoms in total. The van der Waals surface area contributed by atoms with Crippen molar-refractivity contribution in [1.82, 2.24) is 20.2 Å². The van der Waals surface area contributed by atoms with Crippen LogP contribution in [0.4, 0.5) is 0 Å². The Kier molecular flexibility index (Phi) is 3.76. The molecule has 2 aliphatic rings. The Bertz CT molecular complexity index is 460. The molecule has 2 aliphatic heterocycles. The highest BCUT2D eigenvalue weighted by molar-refractivity contribution is 5.90. The number of carbonyl (C=O) groups excluding carboxylic acids is 1. The van der Waals surface area contributed by atoms with Gasteiger partial charge in [0.15, 0.2) is 5.82 Å². The molecule has 0 aliphatic carbocycles. The van der Waals surface area contributed by atoms with Crippen molar-refractivity contribution in [3.63, 3.8) is 0 Å². The molecule has 1 amide bonds. The number of carbonyl (C=O) groups is 1. The van der Waals surface area contributed by atoms with Gasteiger partial charge in [-0.3, -0.25) is 9.69 Å². The first kappa shape index (κ1) is 13.6. The Morgan fingerprint density at radius 2 is 2.40 bits per heavy atom. The van der Waals surface area contributed by atoms with Crippen molar-refractivity contribution in [2.45, 2.75) is 38.5 Å². The third-order valence-electron chi connectivity index (χ3n) is 4.24. The van der Waals surface area contributed by atoms with Gasteiger partial charge in [0.05, 0.1) is 12.7 Å². The van der Waals surface area contributed by atoms with E-state index in [1.165, 1.54) is 0 Å². The number of imidazole rings is 1. The fourth-order valence-corrected chi connectivity index (χ4v) is 3.05. The number of hydrogen-bond donors (Lipinski definition) is 2. The molecular formula is C14H22N4O2. The summed E-state index contributed by atoms with van der Waals surface area (Å²) in [7, 11) is 0. The van der Waals surface area contributed by atoms with Crippen molar-refractivity contribution in [3.05, 3.63) is 18.2 Å². The molecule has 0 saturated carbocycles. The van der Waals surface area contributed by atoms with Crippen LogP contribution in [0.5, 0.6) is 0 Å². The number of ether oxygens (including phenoxy) is 1. The summed E-state index contributed by atoms with van der Waals surface area (Å²) < 4.78 is 5.91. The smallest absolute Gasteiger partial charge is 0.287 e. The average molecular weight is 278 g/mol. The van der Waals surface area contributed by atoms with Gasteiger partial charge in [0.1, 0.15) is 0 Å². The van der Waals surface area contributed by atoms with Crippen molar-refractivity contribution in [2.75, 3.05) is 19.7 Å². The summed E-state index contributed by atoms with van der Waals surface area (Å²) in [4.78, 5) is 21.2. The van der Waals surface area contributed by atoms with Crippen LogP contribution in [-0.2, 0) is 4.74 Å². The van der Waals surface area contributed by atoms with E-state index in [1.807, 2.05) is 0 Å². The molecule has 20 heavy (non-hydrogen) atoms. The fourth-order valence-electron chi connectivity index (χ4n) is 3.05. The van der Waals surface area contributed by atoms with E-state index < -0.39 is 0 Å². The zero-order valence-corrected chi connectivity index (χ0v) is 12.0. The molecule has 0 unspecified atom stereocenters. The maximum absolute atomic E-state index is 12.0. The number of rotatable bonds is 3. The average Bonchev–Trinajstić information content (AvgIpc) is 3.06. The van der Waals surface area contributed by atoms with Gasteiger partial charge in [0.25, 0.3) is 5.91 Å². The van der Waals surface area contributed by atoms with Crippen LogP contribution in [0.1, 0.15) is 30.9 Å². The van der Waals surface area contributed by atoms with Crippen molar-refractivity contribution >= 4 is 5.91 Å². The SMILES string of the molecule is CC(C)[C@H]1CN2C[C@@H](NC(=O)c3ncc[nH]3)C[C@H]2CO1. The van der Waals surface area contributed by atoms with Gasteiger partial charge in [-0.15, -0.1) is 0 Å². The van der Waals surface area contributed by atoms with Gasteiger partial charge in [-0.25, -0.2) is 4.98 Å². The molecule has 1 aromatic heterocycles. The maximum atomic E-state index is 12.0. The van der Waals surface area contributed by atoms with Crippen LogP contribution in [0.2, 0.25) is 0 Å². The lowest BCUT2D eigenvalue weighted by atomic mass is 10.0. The molecule has 0 spiro atoms. The summed E-state index contributed by atoms with van der Waals surface area (Å²) >= 11 is 0. The van der Waals surface area contributed by atoms with Crippen molar-refractivity contribution in [2.24, 2.45) is 5.92 Å². The van der Waals surface area contributed by atoms with E-state index in [2.05, 4.69) is 34.0 Å². The van der Waals surface area contributed by atoms with Gasteiger partial charge in [-0.05, 0) is 12.3 Å². The molecule has 110 valence electrons. The highest BCUT2D eigenvalue weighted by Crippen LogP contribution is 2.25. The van der Waals surface area contributed by atoms with Crippen LogP contribution in [-0.4, -0.2) is 58.7 Å². The second-order valence-corrected chi connectivity index (χ2v) is 6.07. The number of amides is 1. The van der Waals surface area contributed by atoms with Gasteiger partial charge < -0.3 is 15.0 Å². The van der Waals surface area contributed by atoms with Gasteiger partial charge in [-0.1, -0.05) is 13.8 Å². The van der Waals surface area contributed by atoms with E-state index in [9.17, 15) is 4.79 Å². The normalized spacial score (nSPS) is 30.4. The monoisotopic (exact) mass is 278 g/mol. The number of fused-ring (bicyclic) bond motifs is 1. The van der Waals surface area contributed by atoms with Gasteiger partial charge in [0.2, 0.25) is 0 Å². The minimum absolute atomic E-state index is 0.124. The molecule has 2 N–H and O–H groups in total. The Hall–Kier alpha value is -1.40. The van der Waals surface area contributed by atoms with Crippen LogP contribution in [0.25, 0.3) is 0 Å². The van der Waals surface area contributed by atoms with E-state index in [4.69, 9.17) is 4.74 Å². The third kappa shape index (κ3) is 2.71. The Labute approximate surface area is 118 Å². The van der Waals surface area contributed by atoms with Crippen LogP contribution in [0.15, 0.2) is 12.4 Å². The lowest BCUT2D eigenvalue weighted by molar-refractivity contribution is -0.0683. The van der Waals surface area contributed by atoms with Crippen molar-refractivity contribution in [1.29, 1.82) is 0 Å². The quantitative estimate of drug-likeness (QED) is 0.851. The lowest BCUT2D eigenvalue weighted by Gasteiger charge is -2.36. The zero-order chi connectivity index (χ0) is 14.1. The molecular weight excluding hydrogens is 256 g/mol. The van der Waals surface area contributed by atoms with Gasteiger partial charge in [-0.2, -0.15) is 0 Å². The standard InChI is InChI=1S/C14H22N4O2/c1-9(2)12-7-18-6-10(5-11(18)8-20-12)17-14(19)13-15-3-4-16-13/h3-4,9-12H,5-8H2,1-2H3,(H,15,16)(H,17,19)/t10-,11-,12+/m0/s1.